The van der Waals surface area contributed by atoms with E-state index < -0.39 is 12.0 Å². The molecule has 0 aromatic carbocycles. The molecule has 0 saturated heterocycles. The van der Waals surface area contributed by atoms with Crippen molar-refractivity contribution in [3.63, 3.8) is 0 Å². The van der Waals surface area contributed by atoms with E-state index in [0.717, 1.165) is 12.8 Å². The van der Waals surface area contributed by atoms with E-state index in [1.807, 2.05) is 0 Å². The van der Waals surface area contributed by atoms with Crippen molar-refractivity contribution >= 4 is 23.7 Å². The maximum Gasteiger partial charge on any atom is 0.326 e. The highest BCUT2D eigenvalue weighted by Gasteiger charge is 2.38. The molecule has 124 valence electrons. The molecule has 3 amide bonds. The molecule has 0 radical (unpaired) electrons. The number of hydrogen-bond donors (Lipinski definition) is 3. The number of amides is 3. The van der Waals surface area contributed by atoms with Gasteiger partial charge in [-0.1, -0.05) is 0 Å². The van der Waals surface area contributed by atoms with E-state index in [-0.39, 0.29) is 36.6 Å². The Balaban J connectivity index is 2.32. The average Bonchev–Trinajstić information content (AvgIpc) is 3.25. The molecule has 0 aromatic rings. The maximum atomic E-state index is 12.1. The van der Waals surface area contributed by atoms with Gasteiger partial charge in [0.2, 0.25) is 17.7 Å². The number of nitrogens with one attached hydrogen (secondary N) is 2. The smallest absolute Gasteiger partial charge is 0.326 e. The van der Waals surface area contributed by atoms with Crippen molar-refractivity contribution < 1.29 is 24.3 Å². The van der Waals surface area contributed by atoms with Crippen LogP contribution in [0, 0.1) is 0 Å². The van der Waals surface area contributed by atoms with Crippen LogP contribution < -0.4 is 10.6 Å². The van der Waals surface area contributed by atoms with E-state index in [1.165, 1.54) is 18.7 Å². The Hall–Kier alpha value is -2.12. The highest BCUT2D eigenvalue weighted by atomic mass is 16.4. The Labute approximate surface area is 129 Å². The van der Waals surface area contributed by atoms with Gasteiger partial charge in [0.25, 0.3) is 0 Å². The topological polar surface area (TPSA) is 116 Å². The van der Waals surface area contributed by atoms with Gasteiger partial charge in [0, 0.05) is 38.9 Å². The van der Waals surface area contributed by atoms with Crippen LogP contribution in [0.2, 0.25) is 0 Å². The van der Waals surface area contributed by atoms with E-state index >= 15 is 0 Å². The molecule has 1 atom stereocenters. The molecule has 22 heavy (non-hydrogen) atoms. The van der Waals surface area contributed by atoms with Gasteiger partial charge in [-0.05, 0) is 19.8 Å². The maximum absolute atomic E-state index is 12.1. The van der Waals surface area contributed by atoms with Crippen LogP contribution >= 0.6 is 0 Å². The number of carbonyl (C=O) groups excluding carboxylic acids is 3. The van der Waals surface area contributed by atoms with Crippen LogP contribution in [0.3, 0.4) is 0 Å². The van der Waals surface area contributed by atoms with Crippen molar-refractivity contribution in [1.29, 1.82) is 0 Å². The van der Waals surface area contributed by atoms with Crippen molar-refractivity contribution in [1.82, 2.24) is 15.5 Å². The summed E-state index contributed by atoms with van der Waals surface area (Å²) in [6.45, 7) is 3.49. The number of carboxylic acids is 1. The summed E-state index contributed by atoms with van der Waals surface area (Å²) in [5, 5.41) is 14.2. The predicted octanol–water partition coefficient (Wildman–Crippen LogP) is -0.517. The van der Waals surface area contributed by atoms with Gasteiger partial charge >= 0.3 is 5.97 Å². The SMILES string of the molecule is CC(=O)NCCNC(=O)CCC(=O)N(C1CC1)C(C)C(=O)O. The Morgan fingerprint density at radius 3 is 2.23 bits per heavy atom. The van der Waals surface area contributed by atoms with Crippen molar-refractivity contribution in [2.45, 2.75) is 51.6 Å². The highest BCUT2D eigenvalue weighted by molar-refractivity contribution is 5.87. The van der Waals surface area contributed by atoms with E-state index in [9.17, 15) is 19.2 Å². The number of carboxylic acid groups (broad SMARTS) is 1. The van der Waals surface area contributed by atoms with Crippen molar-refractivity contribution in [2.24, 2.45) is 0 Å². The first-order chi connectivity index (χ1) is 10.3. The Kier molecular flexibility index (Phi) is 6.81. The van der Waals surface area contributed by atoms with E-state index in [0.29, 0.717) is 13.1 Å². The van der Waals surface area contributed by atoms with Gasteiger partial charge in [0.15, 0.2) is 0 Å². The fourth-order valence-corrected chi connectivity index (χ4v) is 2.09. The fourth-order valence-electron chi connectivity index (χ4n) is 2.09. The summed E-state index contributed by atoms with van der Waals surface area (Å²) >= 11 is 0. The minimum atomic E-state index is -1.04. The summed E-state index contributed by atoms with van der Waals surface area (Å²) in [7, 11) is 0. The third-order valence-corrected chi connectivity index (χ3v) is 3.39. The summed E-state index contributed by atoms with van der Waals surface area (Å²) in [5.74, 6) is -1.82. The largest absolute Gasteiger partial charge is 0.480 e. The number of nitrogens with zero attached hydrogens (tertiary/aromatic N) is 1. The van der Waals surface area contributed by atoms with Gasteiger partial charge in [-0.2, -0.15) is 0 Å². The standard InChI is InChI=1S/C14H23N3O5/c1-9(14(21)22)17(11-3-4-11)13(20)6-5-12(19)16-8-7-15-10(2)18/h9,11H,3-8H2,1-2H3,(H,15,18)(H,16,19)(H,21,22). The van der Waals surface area contributed by atoms with Gasteiger partial charge in [0.05, 0.1) is 0 Å². The first-order valence-corrected chi connectivity index (χ1v) is 7.38. The molecule has 1 unspecified atom stereocenters. The fraction of sp³-hybridized carbons (Fsp3) is 0.714. The van der Waals surface area contributed by atoms with Crippen LogP contribution in [0.4, 0.5) is 0 Å². The van der Waals surface area contributed by atoms with Crippen molar-refractivity contribution in [3.8, 4) is 0 Å². The zero-order valence-electron chi connectivity index (χ0n) is 12.9. The van der Waals surface area contributed by atoms with Crippen molar-refractivity contribution in [3.05, 3.63) is 0 Å². The third kappa shape index (κ3) is 6.11. The Bertz CT molecular complexity index is 448. The van der Waals surface area contributed by atoms with Gasteiger partial charge in [-0.3, -0.25) is 14.4 Å². The summed E-state index contributed by atoms with van der Waals surface area (Å²) in [5.41, 5.74) is 0. The molecule has 1 aliphatic carbocycles. The highest BCUT2D eigenvalue weighted by Crippen LogP contribution is 2.29. The van der Waals surface area contributed by atoms with Crippen LogP contribution in [0.5, 0.6) is 0 Å². The summed E-state index contributed by atoms with van der Waals surface area (Å²) in [6.07, 6.45) is 1.62. The summed E-state index contributed by atoms with van der Waals surface area (Å²) in [4.78, 5) is 46.8. The van der Waals surface area contributed by atoms with Gasteiger partial charge in [-0.25, -0.2) is 4.79 Å². The van der Waals surface area contributed by atoms with Crippen LogP contribution in [-0.2, 0) is 19.2 Å². The zero-order valence-corrected chi connectivity index (χ0v) is 12.9. The number of carbonyl (C=O) groups is 4. The number of aliphatic carboxylic acids is 1. The molecular weight excluding hydrogens is 290 g/mol. The number of rotatable bonds is 9. The Morgan fingerprint density at radius 1 is 1.14 bits per heavy atom. The second kappa shape index (κ2) is 8.35. The second-order valence-electron chi connectivity index (χ2n) is 5.38. The van der Waals surface area contributed by atoms with E-state index in [1.54, 1.807) is 0 Å². The monoisotopic (exact) mass is 313 g/mol. The number of hydrogen-bond acceptors (Lipinski definition) is 4. The van der Waals surface area contributed by atoms with E-state index in [2.05, 4.69) is 10.6 Å². The molecule has 0 aromatic heterocycles. The van der Waals surface area contributed by atoms with Crippen molar-refractivity contribution in [2.75, 3.05) is 13.1 Å². The Morgan fingerprint density at radius 2 is 1.73 bits per heavy atom. The summed E-state index contributed by atoms with van der Waals surface area (Å²) in [6, 6.07) is -0.885. The third-order valence-electron chi connectivity index (χ3n) is 3.39. The molecule has 8 heteroatoms. The van der Waals surface area contributed by atoms with Crippen LogP contribution in [0.15, 0.2) is 0 Å². The normalized spacial score (nSPS) is 14.8. The molecule has 0 heterocycles. The molecule has 1 rings (SSSR count). The second-order valence-corrected chi connectivity index (χ2v) is 5.38. The quantitative estimate of drug-likeness (QED) is 0.496. The minimum absolute atomic E-state index is 0.00840. The predicted molar refractivity (Wildman–Crippen MR) is 77.9 cm³/mol. The molecule has 3 N–H and O–H groups in total. The molecule has 0 bridgehead atoms. The average molecular weight is 313 g/mol. The minimum Gasteiger partial charge on any atom is -0.480 e. The lowest BCUT2D eigenvalue weighted by molar-refractivity contribution is -0.150. The molecule has 0 spiro atoms. The van der Waals surface area contributed by atoms with Crippen LogP contribution in [0.25, 0.3) is 0 Å². The lowest BCUT2D eigenvalue weighted by Gasteiger charge is -2.26. The van der Waals surface area contributed by atoms with Gasteiger partial charge in [-0.15, -0.1) is 0 Å². The first-order valence-electron chi connectivity index (χ1n) is 7.38. The van der Waals surface area contributed by atoms with Gasteiger partial charge in [0.1, 0.15) is 6.04 Å². The lowest BCUT2D eigenvalue weighted by Crippen LogP contribution is -2.45. The van der Waals surface area contributed by atoms with Crippen LogP contribution in [0.1, 0.15) is 39.5 Å². The van der Waals surface area contributed by atoms with E-state index in [4.69, 9.17) is 5.11 Å². The summed E-state index contributed by atoms with van der Waals surface area (Å²) < 4.78 is 0. The molecule has 1 aliphatic rings. The molecular formula is C14H23N3O5. The van der Waals surface area contributed by atoms with Crippen LogP contribution in [-0.4, -0.2) is 58.9 Å². The molecule has 1 fully saturated rings. The molecule has 1 saturated carbocycles. The van der Waals surface area contributed by atoms with Gasteiger partial charge < -0.3 is 20.6 Å². The lowest BCUT2D eigenvalue weighted by atomic mass is 10.2. The first kappa shape index (κ1) is 17.9. The molecule has 8 nitrogen and oxygen atoms in total. The zero-order chi connectivity index (χ0) is 16.7. The molecule has 0 aliphatic heterocycles.